The van der Waals surface area contributed by atoms with Crippen molar-refractivity contribution in [3.05, 3.63) is 42.0 Å². The fourth-order valence-electron chi connectivity index (χ4n) is 2.84. The van der Waals surface area contributed by atoms with Gasteiger partial charge < -0.3 is 9.47 Å². The molecule has 1 amide bonds. The van der Waals surface area contributed by atoms with E-state index in [0.29, 0.717) is 6.54 Å². The fourth-order valence-corrected chi connectivity index (χ4v) is 3.93. The molecule has 0 bridgehead atoms. The average molecular weight is 330 g/mol. The van der Waals surface area contributed by atoms with Gasteiger partial charge in [0.15, 0.2) is 5.82 Å². The van der Waals surface area contributed by atoms with E-state index in [0.717, 1.165) is 42.4 Å². The Hall–Kier alpha value is -1.82. The molecule has 1 aromatic heterocycles. The van der Waals surface area contributed by atoms with Gasteiger partial charge in [0, 0.05) is 24.9 Å². The summed E-state index contributed by atoms with van der Waals surface area (Å²) < 4.78 is 2.15. The maximum Gasteiger partial charge on any atom is 0.236 e. The summed E-state index contributed by atoms with van der Waals surface area (Å²) in [5.74, 6) is 2.09. The number of thioether (sulfide) groups is 1. The standard InChI is InChI=1S/C17H22N4OS/c1-3-14(23-13-8-5-4-6-9-13)17(22)20(2)12-16-19-18-15-10-7-11-21(15)16/h4-6,8-9,14H,3,7,10-12H2,1-2H3. The van der Waals surface area contributed by atoms with Crippen molar-refractivity contribution in [2.24, 2.45) is 0 Å². The van der Waals surface area contributed by atoms with Gasteiger partial charge >= 0.3 is 0 Å². The Morgan fingerprint density at radius 3 is 2.87 bits per heavy atom. The van der Waals surface area contributed by atoms with Crippen molar-refractivity contribution in [3.8, 4) is 0 Å². The summed E-state index contributed by atoms with van der Waals surface area (Å²) in [6, 6.07) is 10.1. The van der Waals surface area contributed by atoms with Crippen LogP contribution in [0.4, 0.5) is 0 Å². The second-order valence-corrected chi connectivity index (χ2v) is 7.09. The number of hydrogen-bond donors (Lipinski definition) is 0. The molecule has 6 heteroatoms. The Kier molecular flexibility index (Phi) is 5.00. The molecule has 0 radical (unpaired) electrons. The number of benzene rings is 1. The van der Waals surface area contributed by atoms with Crippen LogP contribution in [0.25, 0.3) is 0 Å². The highest BCUT2D eigenvalue weighted by Gasteiger charge is 2.24. The van der Waals surface area contributed by atoms with Crippen LogP contribution in [-0.2, 0) is 24.3 Å². The van der Waals surface area contributed by atoms with E-state index < -0.39 is 0 Å². The lowest BCUT2D eigenvalue weighted by molar-refractivity contribution is -0.130. The molecule has 5 nitrogen and oxygen atoms in total. The van der Waals surface area contributed by atoms with E-state index >= 15 is 0 Å². The highest BCUT2D eigenvalue weighted by Crippen LogP contribution is 2.26. The monoisotopic (exact) mass is 330 g/mol. The third-order valence-corrected chi connectivity index (χ3v) is 5.47. The van der Waals surface area contributed by atoms with E-state index in [1.807, 2.05) is 37.4 Å². The van der Waals surface area contributed by atoms with Gasteiger partial charge in [-0.05, 0) is 25.0 Å². The van der Waals surface area contributed by atoms with Gasteiger partial charge in [0.05, 0.1) is 11.8 Å². The van der Waals surface area contributed by atoms with Crippen LogP contribution in [0.1, 0.15) is 31.4 Å². The van der Waals surface area contributed by atoms with Gasteiger partial charge in [0.2, 0.25) is 5.91 Å². The lowest BCUT2D eigenvalue weighted by atomic mass is 10.3. The number of aromatic nitrogens is 3. The minimum Gasteiger partial charge on any atom is -0.337 e. The third kappa shape index (κ3) is 3.58. The maximum absolute atomic E-state index is 12.8. The summed E-state index contributed by atoms with van der Waals surface area (Å²) in [7, 11) is 1.85. The molecule has 0 saturated carbocycles. The number of carbonyl (C=O) groups excluding carboxylic acids is 1. The first-order valence-electron chi connectivity index (χ1n) is 8.06. The van der Waals surface area contributed by atoms with Crippen molar-refractivity contribution in [3.63, 3.8) is 0 Å². The Balaban J connectivity index is 1.65. The van der Waals surface area contributed by atoms with E-state index in [-0.39, 0.29) is 11.2 Å². The van der Waals surface area contributed by atoms with Gasteiger partial charge in [0.25, 0.3) is 0 Å². The highest BCUT2D eigenvalue weighted by atomic mass is 32.2. The lowest BCUT2D eigenvalue weighted by Crippen LogP contribution is -2.34. The first kappa shape index (κ1) is 16.1. The molecule has 0 aliphatic carbocycles. The van der Waals surface area contributed by atoms with Crippen LogP contribution in [0.15, 0.2) is 35.2 Å². The zero-order chi connectivity index (χ0) is 16.2. The summed E-state index contributed by atoms with van der Waals surface area (Å²) in [5, 5.41) is 8.39. The first-order valence-corrected chi connectivity index (χ1v) is 8.94. The molecule has 1 aromatic carbocycles. The number of aryl methyl sites for hydroxylation is 1. The minimum atomic E-state index is -0.0663. The normalized spacial score (nSPS) is 14.5. The van der Waals surface area contributed by atoms with Crippen molar-refractivity contribution < 1.29 is 4.79 Å². The highest BCUT2D eigenvalue weighted by molar-refractivity contribution is 8.00. The van der Waals surface area contributed by atoms with Crippen LogP contribution in [0.5, 0.6) is 0 Å². The average Bonchev–Trinajstić information content (AvgIpc) is 3.18. The quantitative estimate of drug-likeness (QED) is 0.764. The van der Waals surface area contributed by atoms with Crippen LogP contribution in [0.2, 0.25) is 0 Å². The predicted molar refractivity (Wildman–Crippen MR) is 91.2 cm³/mol. The topological polar surface area (TPSA) is 51.0 Å². The molecule has 0 spiro atoms. The largest absolute Gasteiger partial charge is 0.337 e. The Bertz CT molecular complexity index is 670. The number of hydrogen-bond acceptors (Lipinski definition) is 4. The summed E-state index contributed by atoms with van der Waals surface area (Å²) in [4.78, 5) is 15.7. The summed E-state index contributed by atoms with van der Waals surface area (Å²) in [5.41, 5.74) is 0. The van der Waals surface area contributed by atoms with Crippen LogP contribution in [0, 0.1) is 0 Å². The van der Waals surface area contributed by atoms with Crippen LogP contribution in [0.3, 0.4) is 0 Å². The molecule has 1 atom stereocenters. The van der Waals surface area contributed by atoms with Crippen molar-refractivity contribution >= 4 is 17.7 Å². The molecular formula is C17H22N4OS. The number of rotatable bonds is 6. The summed E-state index contributed by atoms with van der Waals surface area (Å²) >= 11 is 1.63. The van der Waals surface area contributed by atoms with Gasteiger partial charge in [0.1, 0.15) is 5.82 Å². The van der Waals surface area contributed by atoms with Crippen LogP contribution >= 0.6 is 11.8 Å². The first-order chi connectivity index (χ1) is 11.2. The molecule has 0 fully saturated rings. The molecule has 0 N–H and O–H groups in total. The zero-order valence-corrected chi connectivity index (χ0v) is 14.4. The molecule has 2 heterocycles. The minimum absolute atomic E-state index is 0.0663. The summed E-state index contributed by atoms with van der Waals surface area (Å²) in [6.07, 6.45) is 2.92. The number of fused-ring (bicyclic) bond motifs is 1. The number of carbonyl (C=O) groups is 1. The number of amides is 1. The Morgan fingerprint density at radius 1 is 1.35 bits per heavy atom. The van der Waals surface area contributed by atoms with E-state index in [1.54, 1.807) is 16.7 Å². The van der Waals surface area contributed by atoms with E-state index in [1.165, 1.54) is 0 Å². The number of nitrogens with zero attached hydrogens (tertiary/aromatic N) is 4. The van der Waals surface area contributed by atoms with Crippen molar-refractivity contribution in [2.75, 3.05) is 7.05 Å². The molecule has 1 unspecified atom stereocenters. The smallest absolute Gasteiger partial charge is 0.236 e. The van der Waals surface area contributed by atoms with Gasteiger partial charge in [-0.25, -0.2) is 0 Å². The van der Waals surface area contributed by atoms with Crippen molar-refractivity contribution in [1.29, 1.82) is 0 Å². The maximum atomic E-state index is 12.8. The van der Waals surface area contributed by atoms with Gasteiger partial charge in [-0.2, -0.15) is 0 Å². The molecule has 2 aromatic rings. The van der Waals surface area contributed by atoms with Crippen LogP contribution < -0.4 is 0 Å². The lowest BCUT2D eigenvalue weighted by Gasteiger charge is -2.22. The molecule has 1 aliphatic rings. The van der Waals surface area contributed by atoms with Gasteiger partial charge in [-0.1, -0.05) is 25.1 Å². The van der Waals surface area contributed by atoms with Crippen molar-refractivity contribution in [2.45, 2.75) is 49.4 Å². The second kappa shape index (κ2) is 7.17. The molecule has 122 valence electrons. The van der Waals surface area contributed by atoms with E-state index in [9.17, 15) is 4.79 Å². The SMILES string of the molecule is CCC(Sc1ccccc1)C(=O)N(C)Cc1nnc2n1CCC2. The van der Waals surface area contributed by atoms with E-state index in [4.69, 9.17) is 0 Å². The second-order valence-electron chi connectivity index (χ2n) is 5.81. The molecule has 3 rings (SSSR count). The fraction of sp³-hybridized carbons (Fsp3) is 0.471. The predicted octanol–water partition coefficient (Wildman–Crippen LogP) is 2.75. The van der Waals surface area contributed by atoms with E-state index in [2.05, 4.69) is 21.7 Å². The Morgan fingerprint density at radius 2 is 2.13 bits per heavy atom. The zero-order valence-electron chi connectivity index (χ0n) is 13.6. The van der Waals surface area contributed by atoms with Gasteiger partial charge in [-0.3, -0.25) is 4.79 Å². The molecular weight excluding hydrogens is 308 g/mol. The Labute approximate surface area is 141 Å². The van der Waals surface area contributed by atoms with Gasteiger partial charge in [-0.15, -0.1) is 22.0 Å². The van der Waals surface area contributed by atoms with Crippen molar-refractivity contribution in [1.82, 2.24) is 19.7 Å². The molecule has 0 saturated heterocycles. The van der Waals surface area contributed by atoms with Crippen LogP contribution in [-0.4, -0.2) is 37.9 Å². The summed E-state index contributed by atoms with van der Waals surface area (Å²) in [6.45, 7) is 3.55. The molecule has 23 heavy (non-hydrogen) atoms. The third-order valence-electron chi connectivity index (χ3n) is 4.11. The molecule has 1 aliphatic heterocycles.